The molecule has 0 bridgehead atoms. The van der Waals surface area contributed by atoms with Crippen molar-refractivity contribution in [1.82, 2.24) is 15.0 Å². The molecule has 0 unspecified atom stereocenters. The molecule has 0 aliphatic rings. The quantitative estimate of drug-likeness (QED) is 0.439. The van der Waals surface area contributed by atoms with Crippen LogP contribution in [0.25, 0.3) is 0 Å². The number of pyridine rings is 1. The van der Waals surface area contributed by atoms with Crippen LogP contribution in [0.15, 0.2) is 60.2 Å². The van der Waals surface area contributed by atoms with Gasteiger partial charge in [0, 0.05) is 52.8 Å². The van der Waals surface area contributed by atoms with Crippen molar-refractivity contribution < 1.29 is 47.0 Å². The summed E-state index contributed by atoms with van der Waals surface area (Å²) in [5.41, 5.74) is 0.347. The number of nitrogens with one attached hydrogen (secondary N) is 1. The Morgan fingerprint density at radius 3 is 2.34 bits per heavy atom. The number of aromatic amines is 1. The monoisotopic (exact) mass is 481 g/mol. The summed E-state index contributed by atoms with van der Waals surface area (Å²) >= 11 is 0. The van der Waals surface area contributed by atoms with Crippen molar-refractivity contribution in [2.75, 3.05) is 7.11 Å². The van der Waals surface area contributed by atoms with E-state index in [-0.39, 0.29) is 55.1 Å². The molecule has 2 aromatic heterocycles. The summed E-state index contributed by atoms with van der Waals surface area (Å²) in [7, 11) is 1.42. The fraction of sp³-hybridized carbons (Fsp3) is 0.111. The summed E-state index contributed by atoms with van der Waals surface area (Å²) in [6.07, 6.45) is 7.87. The van der Waals surface area contributed by atoms with Crippen LogP contribution in [0.5, 0.6) is 17.2 Å². The molecular formula is C18H17MoN5O5-6. The molecule has 0 radical (unpaired) electrons. The van der Waals surface area contributed by atoms with Crippen molar-refractivity contribution in [2.45, 2.75) is 6.92 Å². The number of para-hydroxylation sites is 1. The number of hydrogen-bond donors (Lipinski definition) is 1. The third kappa shape index (κ3) is 11.2. The van der Waals surface area contributed by atoms with E-state index in [0.717, 1.165) is 0 Å². The number of nitriles is 1. The maximum absolute atomic E-state index is 11.8. The molecule has 0 aliphatic carbocycles. The van der Waals surface area contributed by atoms with E-state index >= 15 is 0 Å². The third-order valence-corrected chi connectivity index (χ3v) is 2.71. The smallest absolute Gasteiger partial charge is 0.143 e. The van der Waals surface area contributed by atoms with Gasteiger partial charge >= 0.3 is 0 Å². The Morgan fingerprint density at radius 2 is 1.86 bits per heavy atom. The number of methoxy groups -OCH3 is 1. The van der Waals surface area contributed by atoms with Crippen LogP contribution >= 0.6 is 0 Å². The average Bonchev–Trinajstić information content (AvgIpc) is 3.23. The number of ether oxygens (including phenoxy) is 1. The van der Waals surface area contributed by atoms with Crippen molar-refractivity contribution in [2.24, 2.45) is 4.99 Å². The Hall–Kier alpha value is -3.25. The van der Waals surface area contributed by atoms with Gasteiger partial charge in [0.15, 0.2) is 0 Å². The van der Waals surface area contributed by atoms with Gasteiger partial charge in [-0.15, -0.1) is 0 Å². The van der Waals surface area contributed by atoms with Gasteiger partial charge in [0.25, 0.3) is 0 Å². The van der Waals surface area contributed by atoms with Crippen molar-refractivity contribution in [3.05, 3.63) is 60.8 Å². The van der Waals surface area contributed by atoms with E-state index in [1.54, 1.807) is 43.0 Å². The van der Waals surface area contributed by atoms with Crippen LogP contribution in [0.3, 0.4) is 0 Å². The van der Waals surface area contributed by atoms with Crippen molar-refractivity contribution in [1.29, 1.82) is 5.26 Å². The van der Waals surface area contributed by atoms with Crippen LogP contribution in [0, 0.1) is 11.3 Å². The molecule has 156 valence electrons. The van der Waals surface area contributed by atoms with Gasteiger partial charge in [-0.05, 0) is 17.7 Å². The summed E-state index contributed by atoms with van der Waals surface area (Å²) in [6, 6.07) is 9.49. The molecule has 1 N–H and O–H groups in total. The molecule has 3 aromatic rings. The minimum atomic E-state index is -0.288. The molecule has 11 heteroatoms. The van der Waals surface area contributed by atoms with Crippen LogP contribution in [0.4, 0.5) is 5.82 Å². The van der Waals surface area contributed by atoms with Gasteiger partial charge in [-0.3, -0.25) is 0 Å². The molecule has 0 amide bonds. The zero-order valence-corrected chi connectivity index (χ0v) is 17.5. The van der Waals surface area contributed by atoms with E-state index in [9.17, 15) is 10.2 Å². The number of rotatable bonds is 3. The summed E-state index contributed by atoms with van der Waals surface area (Å²) in [5, 5.41) is 30.5. The number of imidazole rings is 1. The van der Waals surface area contributed by atoms with Gasteiger partial charge in [-0.2, -0.15) is 5.26 Å². The van der Waals surface area contributed by atoms with Gasteiger partial charge in [-0.25, -0.2) is 15.0 Å². The first kappa shape index (κ1) is 30.5. The number of aliphatic imine (C=N–C) groups is 1. The summed E-state index contributed by atoms with van der Waals surface area (Å²) in [5.74, 6) is -0.265. The van der Waals surface area contributed by atoms with Gasteiger partial charge in [-0.1, -0.05) is 29.7 Å². The number of hydrogen-bond acceptors (Lipinski definition) is 7. The Balaban J connectivity index is -0.000000523. The van der Waals surface area contributed by atoms with E-state index in [1.807, 2.05) is 0 Å². The van der Waals surface area contributed by atoms with Crippen molar-refractivity contribution in [3.63, 3.8) is 0 Å². The van der Waals surface area contributed by atoms with Gasteiger partial charge in [0.1, 0.15) is 11.6 Å². The van der Waals surface area contributed by atoms with E-state index < -0.39 is 0 Å². The molecule has 1 aromatic carbocycles. The normalized spacial score (nSPS) is 8.31. The summed E-state index contributed by atoms with van der Waals surface area (Å²) < 4.78 is 4.91. The van der Waals surface area contributed by atoms with Gasteiger partial charge in [0.05, 0.1) is 19.5 Å². The maximum atomic E-state index is 11.8. The minimum absolute atomic E-state index is 0. The summed E-state index contributed by atoms with van der Waals surface area (Å²) in [4.78, 5) is 14.1. The first-order valence-corrected chi connectivity index (χ1v) is 7.37. The molecule has 0 aliphatic heterocycles. The van der Waals surface area contributed by atoms with Gasteiger partial charge in [0.2, 0.25) is 0 Å². The van der Waals surface area contributed by atoms with Crippen LogP contribution in [-0.4, -0.2) is 28.3 Å². The molecule has 0 saturated carbocycles. The molecule has 0 spiro atoms. The molecule has 3 rings (SSSR count). The Morgan fingerprint density at radius 1 is 1.17 bits per heavy atom. The predicted molar refractivity (Wildman–Crippen MR) is 94.6 cm³/mol. The maximum Gasteiger partial charge on any atom is 0.143 e. The van der Waals surface area contributed by atoms with E-state index in [1.165, 1.54) is 38.6 Å². The molecule has 10 nitrogen and oxygen atoms in total. The molecule has 0 fully saturated rings. The zero-order chi connectivity index (χ0) is 19.2. The molecular weight excluding hydrogens is 462 g/mol. The first-order valence-electron chi connectivity index (χ1n) is 7.37. The van der Waals surface area contributed by atoms with Gasteiger partial charge < -0.3 is 30.9 Å². The minimum Gasteiger partial charge on any atom is -2.00 e. The Kier molecular flexibility index (Phi) is 19.0. The number of nitrogens with zero attached hydrogens (tertiary/aromatic N) is 4. The second-order valence-corrected chi connectivity index (χ2v) is 4.45. The second kappa shape index (κ2) is 18.1. The van der Waals surface area contributed by atoms with Crippen LogP contribution < -0.4 is 14.9 Å². The predicted octanol–water partition coefficient (Wildman–Crippen LogP) is 1.69. The van der Waals surface area contributed by atoms with Crippen LogP contribution in [0.1, 0.15) is 12.5 Å². The number of H-pyrrole nitrogens is 1. The Bertz CT molecular complexity index is 837. The standard InChI is InChI=1S/C13H12N2O3.C3H4N2.C2H3N.Mo.2O/c1-18-11-6-2-4-9(12(11)17)8-15-13-10(16)5-3-7-14-13;1-2-5-3-4-1;1-2-3;;;/h2-8,16-17H,1H3;1-3H,(H,4,5);1H3;;;/q;;;;2*-2/p-2/b15-8+;;;;;. The number of benzene rings is 1. The first-order chi connectivity index (χ1) is 12.6. The third-order valence-electron chi connectivity index (χ3n) is 2.71. The van der Waals surface area contributed by atoms with Crippen molar-refractivity contribution >= 4 is 12.0 Å². The Labute approximate surface area is 182 Å². The molecule has 0 saturated heterocycles. The molecule has 0 atom stereocenters. The molecule has 29 heavy (non-hydrogen) atoms. The van der Waals surface area contributed by atoms with E-state index in [0.29, 0.717) is 5.56 Å². The van der Waals surface area contributed by atoms with E-state index in [4.69, 9.17) is 10.00 Å². The fourth-order valence-electron chi connectivity index (χ4n) is 1.62. The van der Waals surface area contributed by atoms with Crippen LogP contribution in [0.2, 0.25) is 0 Å². The van der Waals surface area contributed by atoms with Crippen molar-refractivity contribution in [3.8, 4) is 23.3 Å². The van der Waals surface area contributed by atoms with E-state index in [2.05, 4.69) is 19.9 Å². The largest absolute Gasteiger partial charge is 2.00 e. The fourth-order valence-corrected chi connectivity index (χ4v) is 1.62. The average molecular weight is 479 g/mol. The second-order valence-electron chi connectivity index (χ2n) is 4.45. The molecule has 2 heterocycles. The number of aromatic nitrogens is 3. The zero-order valence-electron chi connectivity index (χ0n) is 15.5. The van der Waals surface area contributed by atoms with Crippen LogP contribution in [-0.2, 0) is 32.0 Å². The summed E-state index contributed by atoms with van der Waals surface area (Å²) in [6.45, 7) is 1.43. The SMILES string of the molecule is CC#N.COc1cccc(/C=N/c2ncccc2[O-])c1[O-].[Mo].[O-2].[O-2].c1c[nH]cn1. The topological polar surface area (TPSA) is 190 Å².